The van der Waals surface area contributed by atoms with Crippen molar-refractivity contribution in [1.29, 1.82) is 0 Å². The molecular formula is C26H27FN2O3S. The number of halogens is 1. The molecule has 1 aliphatic rings. The highest BCUT2D eigenvalue weighted by Gasteiger charge is 2.35. The van der Waals surface area contributed by atoms with Crippen molar-refractivity contribution >= 4 is 28.8 Å². The van der Waals surface area contributed by atoms with E-state index in [0.29, 0.717) is 11.4 Å². The fraction of sp³-hybridized carbons (Fsp3) is 0.308. The summed E-state index contributed by atoms with van der Waals surface area (Å²) in [6, 6.07) is 15.7. The molecular weight excluding hydrogens is 439 g/mol. The second-order valence-electron chi connectivity index (χ2n) is 8.13. The molecule has 5 nitrogen and oxygen atoms in total. The van der Waals surface area contributed by atoms with Gasteiger partial charge in [0.25, 0.3) is 0 Å². The van der Waals surface area contributed by atoms with E-state index in [9.17, 15) is 9.59 Å². The number of nitrogens with zero attached hydrogens (tertiary/aromatic N) is 1. The van der Waals surface area contributed by atoms with Gasteiger partial charge in [-0.05, 0) is 54.6 Å². The molecule has 172 valence electrons. The average Bonchev–Trinajstić information content (AvgIpc) is 3.52. The van der Waals surface area contributed by atoms with Crippen LogP contribution in [0, 0.1) is 5.82 Å². The van der Waals surface area contributed by atoms with Crippen molar-refractivity contribution in [3.63, 3.8) is 0 Å². The molecule has 1 atom stereocenters. The van der Waals surface area contributed by atoms with Crippen LogP contribution in [0.25, 0.3) is 0 Å². The molecule has 7 heteroatoms. The fourth-order valence-corrected chi connectivity index (χ4v) is 4.97. The zero-order valence-corrected chi connectivity index (χ0v) is 19.3. The number of methoxy groups -OCH3 is 1. The second kappa shape index (κ2) is 10.6. The van der Waals surface area contributed by atoms with Gasteiger partial charge in [0, 0.05) is 22.2 Å². The first-order chi connectivity index (χ1) is 16.1. The minimum absolute atomic E-state index is 0.0388. The first-order valence-electron chi connectivity index (χ1n) is 11.1. The molecule has 1 aliphatic carbocycles. The number of hydrogen-bond acceptors (Lipinski definition) is 4. The number of thiophene rings is 1. The number of ether oxygens (including phenoxy) is 1. The number of carbonyl (C=O) groups excluding carboxylic acids is 2. The van der Waals surface area contributed by atoms with Gasteiger partial charge in [-0.3, -0.25) is 14.5 Å². The van der Waals surface area contributed by atoms with Gasteiger partial charge in [-0.15, -0.1) is 11.3 Å². The van der Waals surface area contributed by atoms with E-state index < -0.39 is 11.9 Å². The topological polar surface area (TPSA) is 58.6 Å². The molecule has 33 heavy (non-hydrogen) atoms. The first kappa shape index (κ1) is 23.0. The van der Waals surface area contributed by atoms with Gasteiger partial charge in [-0.1, -0.05) is 37.1 Å². The van der Waals surface area contributed by atoms with E-state index in [-0.39, 0.29) is 29.8 Å². The Hall–Kier alpha value is -3.19. The lowest BCUT2D eigenvalue weighted by Crippen LogP contribution is -2.47. The Kier molecular flexibility index (Phi) is 7.40. The lowest BCUT2D eigenvalue weighted by molar-refractivity contribution is -0.127. The van der Waals surface area contributed by atoms with Gasteiger partial charge in [0.1, 0.15) is 17.6 Å². The number of benzene rings is 2. The third-order valence-corrected chi connectivity index (χ3v) is 6.81. The average molecular weight is 467 g/mol. The van der Waals surface area contributed by atoms with Crippen molar-refractivity contribution in [3.05, 3.63) is 82.3 Å². The Morgan fingerprint density at radius 2 is 1.82 bits per heavy atom. The highest BCUT2D eigenvalue weighted by Crippen LogP contribution is 2.32. The summed E-state index contributed by atoms with van der Waals surface area (Å²) in [7, 11) is 1.56. The largest absolute Gasteiger partial charge is 0.497 e. The monoisotopic (exact) mass is 466 g/mol. The Morgan fingerprint density at radius 1 is 1.09 bits per heavy atom. The maximum absolute atomic E-state index is 15.0. The van der Waals surface area contributed by atoms with Crippen LogP contribution in [0.2, 0.25) is 0 Å². The molecule has 0 radical (unpaired) electrons. The van der Waals surface area contributed by atoms with Crippen molar-refractivity contribution in [2.45, 2.75) is 44.2 Å². The van der Waals surface area contributed by atoms with E-state index in [1.165, 1.54) is 22.3 Å². The summed E-state index contributed by atoms with van der Waals surface area (Å²) in [5.74, 6) is -0.548. The Bertz CT molecular complexity index is 1080. The summed E-state index contributed by atoms with van der Waals surface area (Å²) >= 11 is 1.47. The van der Waals surface area contributed by atoms with Gasteiger partial charge in [0.05, 0.1) is 13.5 Å². The van der Waals surface area contributed by atoms with Crippen LogP contribution in [0.4, 0.5) is 10.1 Å². The van der Waals surface area contributed by atoms with E-state index in [0.717, 1.165) is 30.6 Å². The quantitative estimate of drug-likeness (QED) is 0.492. The van der Waals surface area contributed by atoms with Gasteiger partial charge >= 0.3 is 0 Å². The van der Waals surface area contributed by atoms with E-state index in [2.05, 4.69) is 5.32 Å². The highest BCUT2D eigenvalue weighted by atomic mass is 32.1. The molecule has 0 bridgehead atoms. The predicted octanol–water partition coefficient (Wildman–Crippen LogP) is 5.27. The molecule has 2 aromatic carbocycles. The highest BCUT2D eigenvalue weighted by molar-refractivity contribution is 7.10. The third kappa shape index (κ3) is 5.42. The minimum Gasteiger partial charge on any atom is -0.497 e. The minimum atomic E-state index is -1.13. The maximum atomic E-state index is 15.0. The van der Waals surface area contributed by atoms with E-state index in [1.807, 2.05) is 17.5 Å². The molecule has 0 aliphatic heterocycles. The summed E-state index contributed by atoms with van der Waals surface area (Å²) in [6.45, 7) is 0. The summed E-state index contributed by atoms with van der Waals surface area (Å²) < 4.78 is 20.3. The molecule has 1 saturated carbocycles. The van der Waals surface area contributed by atoms with Crippen LogP contribution < -0.4 is 15.0 Å². The van der Waals surface area contributed by atoms with Crippen molar-refractivity contribution in [2.75, 3.05) is 12.0 Å². The Labute approximate surface area is 197 Å². The van der Waals surface area contributed by atoms with E-state index in [1.54, 1.807) is 49.6 Å². The standard InChI is InChI=1S/C26H27FN2O3S/c1-32-20-14-12-19(13-15-20)29(24(30)17-21-9-6-16-33-21)25(22-10-4-5-11-23(22)27)26(31)28-18-7-2-3-8-18/h4-6,9-16,18,25H,2-3,7-8,17H2,1H3,(H,28,31)/t25-/m0/s1. The number of anilines is 1. The van der Waals surface area contributed by atoms with Crippen LogP contribution in [-0.4, -0.2) is 25.0 Å². The van der Waals surface area contributed by atoms with E-state index in [4.69, 9.17) is 4.74 Å². The molecule has 0 saturated heterocycles. The van der Waals surface area contributed by atoms with Crippen LogP contribution in [-0.2, 0) is 16.0 Å². The zero-order chi connectivity index (χ0) is 23.2. The van der Waals surface area contributed by atoms with Crippen LogP contribution in [0.15, 0.2) is 66.0 Å². The number of carbonyl (C=O) groups is 2. The number of hydrogen-bond donors (Lipinski definition) is 1. The second-order valence-corrected chi connectivity index (χ2v) is 9.16. The van der Waals surface area contributed by atoms with Crippen LogP contribution >= 0.6 is 11.3 Å². The molecule has 1 fully saturated rings. The maximum Gasteiger partial charge on any atom is 0.248 e. The van der Waals surface area contributed by atoms with Crippen LogP contribution in [0.1, 0.15) is 42.2 Å². The molecule has 1 heterocycles. The first-order valence-corrected chi connectivity index (χ1v) is 12.0. The fourth-order valence-electron chi connectivity index (χ4n) is 4.27. The molecule has 1 aromatic heterocycles. The summed E-state index contributed by atoms with van der Waals surface area (Å²) in [5, 5.41) is 4.97. The Balaban J connectivity index is 1.77. The molecule has 4 rings (SSSR count). The van der Waals surface area contributed by atoms with Crippen molar-refractivity contribution < 1.29 is 18.7 Å². The molecule has 0 spiro atoms. The van der Waals surface area contributed by atoms with Gasteiger partial charge in [0.2, 0.25) is 11.8 Å². The molecule has 2 amide bonds. The van der Waals surface area contributed by atoms with Crippen molar-refractivity contribution in [2.24, 2.45) is 0 Å². The SMILES string of the molecule is COc1ccc(N(C(=O)Cc2cccs2)[C@H](C(=O)NC2CCCC2)c2ccccc2F)cc1. The van der Waals surface area contributed by atoms with Gasteiger partial charge in [0.15, 0.2) is 0 Å². The number of rotatable bonds is 8. The molecule has 1 N–H and O–H groups in total. The van der Waals surface area contributed by atoms with Gasteiger partial charge in [-0.25, -0.2) is 4.39 Å². The van der Waals surface area contributed by atoms with E-state index >= 15 is 4.39 Å². The van der Waals surface area contributed by atoms with Gasteiger partial charge < -0.3 is 10.1 Å². The lowest BCUT2D eigenvalue weighted by atomic mass is 10.0. The predicted molar refractivity (Wildman–Crippen MR) is 128 cm³/mol. The normalized spacial score (nSPS) is 14.6. The number of nitrogens with one attached hydrogen (secondary N) is 1. The Morgan fingerprint density at radius 3 is 2.45 bits per heavy atom. The smallest absolute Gasteiger partial charge is 0.248 e. The van der Waals surface area contributed by atoms with Crippen molar-refractivity contribution in [3.8, 4) is 5.75 Å². The summed E-state index contributed by atoms with van der Waals surface area (Å²) in [5.41, 5.74) is 0.676. The lowest BCUT2D eigenvalue weighted by Gasteiger charge is -2.32. The van der Waals surface area contributed by atoms with Gasteiger partial charge in [-0.2, -0.15) is 0 Å². The van der Waals surface area contributed by atoms with Crippen molar-refractivity contribution in [1.82, 2.24) is 5.32 Å². The summed E-state index contributed by atoms with van der Waals surface area (Å²) in [6.07, 6.45) is 4.00. The third-order valence-electron chi connectivity index (χ3n) is 5.93. The molecule has 0 unspecified atom stereocenters. The number of amides is 2. The zero-order valence-electron chi connectivity index (χ0n) is 18.5. The molecule has 3 aromatic rings. The summed E-state index contributed by atoms with van der Waals surface area (Å²) in [4.78, 5) is 29.5. The van der Waals surface area contributed by atoms with Crippen LogP contribution in [0.5, 0.6) is 5.75 Å². The van der Waals surface area contributed by atoms with Crippen LogP contribution in [0.3, 0.4) is 0 Å².